The van der Waals surface area contributed by atoms with Crippen molar-refractivity contribution in [3.05, 3.63) is 0 Å². The number of nitrogens with one attached hydrogen (secondary N) is 1. The molecule has 1 aliphatic carbocycles. The highest BCUT2D eigenvalue weighted by Gasteiger charge is 2.22. The molecule has 18 heavy (non-hydrogen) atoms. The minimum absolute atomic E-state index is 0.797. The molecule has 1 aliphatic heterocycles. The van der Waals surface area contributed by atoms with Crippen LogP contribution in [0.15, 0.2) is 0 Å². The van der Waals surface area contributed by atoms with Gasteiger partial charge < -0.3 is 5.32 Å². The van der Waals surface area contributed by atoms with Gasteiger partial charge in [-0.15, -0.1) is 0 Å². The van der Waals surface area contributed by atoms with E-state index in [0.29, 0.717) is 0 Å². The average molecular weight is 252 g/mol. The third-order valence-electron chi connectivity index (χ3n) is 5.01. The summed E-state index contributed by atoms with van der Waals surface area (Å²) in [5, 5.41) is 3.69. The van der Waals surface area contributed by atoms with Gasteiger partial charge in [0.05, 0.1) is 0 Å². The fourth-order valence-electron chi connectivity index (χ4n) is 3.71. The van der Waals surface area contributed by atoms with E-state index >= 15 is 0 Å². The Labute approximate surface area is 114 Å². The van der Waals surface area contributed by atoms with Crippen molar-refractivity contribution in [2.24, 2.45) is 11.8 Å². The first-order valence-electron chi connectivity index (χ1n) is 8.20. The minimum atomic E-state index is 0.797. The van der Waals surface area contributed by atoms with Crippen LogP contribution in [-0.2, 0) is 0 Å². The Morgan fingerprint density at radius 2 is 1.83 bits per heavy atom. The Hall–Kier alpha value is -0.0800. The van der Waals surface area contributed by atoms with Gasteiger partial charge in [0.1, 0.15) is 0 Å². The van der Waals surface area contributed by atoms with Crippen molar-refractivity contribution in [2.45, 2.75) is 64.8 Å². The van der Waals surface area contributed by atoms with E-state index in [2.05, 4.69) is 24.1 Å². The lowest BCUT2D eigenvalue weighted by Crippen LogP contribution is -2.44. The molecule has 0 aromatic heterocycles. The number of likely N-dealkylation sites (tertiary alicyclic amines) is 1. The fourth-order valence-corrected chi connectivity index (χ4v) is 3.71. The summed E-state index contributed by atoms with van der Waals surface area (Å²) in [6.45, 7) is 9.81. The second-order valence-corrected chi connectivity index (χ2v) is 6.72. The largest absolute Gasteiger partial charge is 0.315 e. The number of rotatable bonds is 5. The highest BCUT2D eigenvalue weighted by atomic mass is 15.2. The molecule has 106 valence electrons. The second kappa shape index (κ2) is 7.49. The number of hydrogen-bond acceptors (Lipinski definition) is 2. The topological polar surface area (TPSA) is 15.3 Å². The normalized spacial score (nSPS) is 31.7. The Morgan fingerprint density at radius 1 is 1.06 bits per heavy atom. The number of piperidine rings is 1. The molecule has 0 aromatic rings. The summed E-state index contributed by atoms with van der Waals surface area (Å²) < 4.78 is 0. The minimum Gasteiger partial charge on any atom is -0.315 e. The van der Waals surface area contributed by atoms with E-state index in [4.69, 9.17) is 0 Å². The summed E-state index contributed by atoms with van der Waals surface area (Å²) in [6.07, 6.45) is 10.1. The summed E-state index contributed by atoms with van der Waals surface area (Å²) in [5.74, 6) is 1.91. The zero-order chi connectivity index (χ0) is 12.8. The van der Waals surface area contributed by atoms with Crippen molar-refractivity contribution < 1.29 is 0 Å². The smallest absolute Gasteiger partial charge is 0.0110 e. The predicted octanol–water partition coefficient (Wildman–Crippen LogP) is 3.28. The monoisotopic (exact) mass is 252 g/mol. The lowest BCUT2D eigenvalue weighted by Gasteiger charge is -2.36. The quantitative estimate of drug-likeness (QED) is 0.755. The fraction of sp³-hybridized carbons (Fsp3) is 1.00. The maximum atomic E-state index is 3.69. The molecule has 2 nitrogen and oxygen atoms in total. The van der Waals surface area contributed by atoms with Crippen LogP contribution in [0.4, 0.5) is 0 Å². The molecule has 2 fully saturated rings. The van der Waals surface area contributed by atoms with Crippen molar-refractivity contribution >= 4 is 0 Å². The molecular formula is C16H32N2. The van der Waals surface area contributed by atoms with Crippen molar-refractivity contribution in [1.82, 2.24) is 10.2 Å². The number of nitrogens with zero attached hydrogens (tertiary/aromatic N) is 1. The highest BCUT2D eigenvalue weighted by Crippen LogP contribution is 2.23. The molecule has 0 aromatic carbocycles. The van der Waals surface area contributed by atoms with Crippen molar-refractivity contribution in [3.63, 3.8) is 0 Å². The molecule has 1 heterocycles. The third kappa shape index (κ3) is 4.55. The van der Waals surface area contributed by atoms with E-state index < -0.39 is 0 Å². The van der Waals surface area contributed by atoms with Gasteiger partial charge in [-0.05, 0) is 57.5 Å². The van der Waals surface area contributed by atoms with Crippen LogP contribution in [0.3, 0.4) is 0 Å². The molecule has 1 N–H and O–H groups in total. The molecule has 1 saturated heterocycles. The van der Waals surface area contributed by atoms with E-state index in [-0.39, 0.29) is 0 Å². The van der Waals surface area contributed by atoms with Crippen LogP contribution < -0.4 is 5.32 Å². The Bertz CT molecular complexity index is 223. The van der Waals surface area contributed by atoms with Crippen LogP contribution in [-0.4, -0.2) is 37.1 Å². The van der Waals surface area contributed by atoms with E-state index in [9.17, 15) is 0 Å². The van der Waals surface area contributed by atoms with Gasteiger partial charge in [0.2, 0.25) is 0 Å². The Morgan fingerprint density at radius 3 is 2.56 bits per heavy atom. The van der Waals surface area contributed by atoms with E-state index in [1.54, 1.807) is 0 Å². The summed E-state index contributed by atoms with van der Waals surface area (Å²) in [6, 6.07) is 0.797. The van der Waals surface area contributed by atoms with Crippen LogP contribution in [0.1, 0.15) is 58.8 Å². The molecule has 2 unspecified atom stereocenters. The van der Waals surface area contributed by atoms with Crippen LogP contribution in [0.25, 0.3) is 0 Å². The maximum Gasteiger partial charge on any atom is 0.0110 e. The molecule has 0 radical (unpaired) electrons. The van der Waals surface area contributed by atoms with Crippen molar-refractivity contribution in [1.29, 1.82) is 0 Å². The molecule has 0 spiro atoms. The second-order valence-electron chi connectivity index (χ2n) is 6.72. The standard InChI is InChI=1S/C16H32N2/c1-14-8-10-18(15(2)12-14)11-9-17-13-16-6-4-3-5-7-16/h14-17H,3-13H2,1-2H3. The Kier molecular flexibility index (Phi) is 5.97. The van der Waals surface area contributed by atoms with Gasteiger partial charge in [-0.3, -0.25) is 4.90 Å². The molecule has 2 rings (SSSR count). The van der Waals surface area contributed by atoms with Gasteiger partial charge in [0.25, 0.3) is 0 Å². The summed E-state index contributed by atoms with van der Waals surface area (Å²) in [7, 11) is 0. The first-order chi connectivity index (χ1) is 8.75. The summed E-state index contributed by atoms with van der Waals surface area (Å²) in [5.41, 5.74) is 0. The molecular weight excluding hydrogens is 220 g/mol. The van der Waals surface area contributed by atoms with Gasteiger partial charge >= 0.3 is 0 Å². The SMILES string of the molecule is CC1CCN(CCNCC2CCCCC2)C(C)C1. The Balaban J connectivity index is 1.54. The summed E-state index contributed by atoms with van der Waals surface area (Å²) >= 11 is 0. The number of hydrogen-bond donors (Lipinski definition) is 1. The van der Waals surface area contributed by atoms with Crippen LogP contribution in [0.2, 0.25) is 0 Å². The van der Waals surface area contributed by atoms with Crippen LogP contribution >= 0.6 is 0 Å². The zero-order valence-electron chi connectivity index (χ0n) is 12.5. The van der Waals surface area contributed by atoms with E-state index in [1.807, 2.05) is 0 Å². The van der Waals surface area contributed by atoms with Gasteiger partial charge in [-0.1, -0.05) is 26.2 Å². The molecule has 2 aliphatic rings. The molecule has 2 atom stereocenters. The van der Waals surface area contributed by atoms with E-state index in [0.717, 1.165) is 17.9 Å². The lowest BCUT2D eigenvalue weighted by atomic mass is 9.89. The van der Waals surface area contributed by atoms with E-state index in [1.165, 1.54) is 71.1 Å². The first-order valence-corrected chi connectivity index (χ1v) is 8.20. The van der Waals surface area contributed by atoms with Gasteiger partial charge in [0.15, 0.2) is 0 Å². The third-order valence-corrected chi connectivity index (χ3v) is 5.01. The van der Waals surface area contributed by atoms with Gasteiger partial charge in [-0.2, -0.15) is 0 Å². The predicted molar refractivity (Wildman–Crippen MR) is 78.9 cm³/mol. The lowest BCUT2D eigenvalue weighted by molar-refractivity contribution is 0.130. The van der Waals surface area contributed by atoms with Crippen molar-refractivity contribution in [3.8, 4) is 0 Å². The average Bonchev–Trinajstić information content (AvgIpc) is 2.38. The zero-order valence-corrected chi connectivity index (χ0v) is 12.5. The van der Waals surface area contributed by atoms with Gasteiger partial charge in [-0.25, -0.2) is 0 Å². The first kappa shape index (κ1) is 14.3. The maximum absolute atomic E-state index is 3.69. The van der Waals surface area contributed by atoms with Crippen LogP contribution in [0, 0.1) is 11.8 Å². The molecule has 2 heteroatoms. The van der Waals surface area contributed by atoms with Crippen molar-refractivity contribution in [2.75, 3.05) is 26.2 Å². The molecule has 1 saturated carbocycles. The highest BCUT2D eigenvalue weighted by molar-refractivity contribution is 4.77. The molecule has 0 bridgehead atoms. The molecule has 0 amide bonds. The van der Waals surface area contributed by atoms with Gasteiger partial charge in [0, 0.05) is 19.1 Å². The summed E-state index contributed by atoms with van der Waals surface area (Å²) in [4.78, 5) is 2.67. The van der Waals surface area contributed by atoms with Crippen LogP contribution in [0.5, 0.6) is 0 Å².